The van der Waals surface area contributed by atoms with E-state index in [0.29, 0.717) is 0 Å². The molecule has 0 aliphatic carbocycles. The zero-order chi connectivity index (χ0) is 17.7. The molecule has 140 valence electrons. The van der Waals surface area contributed by atoms with E-state index in [-0.39, 0.29) is 0 Å². The maximum absolute atomic E-state index is 5.85. The number of hydrogen-bond donors (Lipinski definition) is 1. The van der Waals surface area contributed by atoms with Gasteiger partial charge in [-0.3, -0.25) is 0 Å². The monoisotopic (exact) mass is 344 g/mol. The molecular formula is C22H36N2O. The Morgan fingerprint density at radius 1 is 0.840 bits per heavy atom. The Kier molecular flexibility index (Phi) is 9.65. The van der Waals surface area contributed by atoms with Crippen LogP contribution >= 0.6 is 0 Å². The molecule has 2 aromatic rings. The van der Waals surface area contributed by atoms with Gasteiger partial charge in [-0.05, 0) is 49.9 Å². The van der Waals surface area contributed by atoms with Gasteiger partial charge in [0.2, 0.25) is 0 Å². The molecule has 25 heavy (non-hydrogen) atoms. The van der Waals surface area contributed by atoms with Gasteiger partial charge in [0.15, 0.2) is 11.5 Å². The standard InChI is InChI=1S/C22H36N2O/c1-2-3-4-5-6-7-8-10-13-19-15-16-21-20(18-19)24-22(25-21)14-11-9-12-17-23/h15-16,18H,2-14,17,23H2,1H3. The number of aryl methyl sites for hydroxylation is 2. The number of benzene rings is 1. The van der Waals surface area contributed by atoms with E-state index in [1.54, 1.807) is 0 Å². The van der Waals surface area contributed by atoms with Crippen LogP contribution in [0.1, 0.15) is 89.0 Å². The predicted molar refractivity (Wildman–Crippen MR) is 107 cm³/mol. The molecule has 0 aliphatic rings. The maximum atomic E-state index is 5.85. The molecule has 0 spiro atoms. The number of nitrogens with two attached hydrogens (primary N) is 1. The second-order valence-electron chi connectivity index (χ2n) is 7.23. The van der Waals surface area contributed by atoms with Crippen molar-refractivity contribution in [2.45, 2.75) is 90.4 Å². The number of oxazole rings is 1. The van der Waals surface area contributed by atoms with Crippen LogP contribution in [-0.2, 0) is 12.8 Å². The molecule has 0 atom stereocenters. The van der Waals surface area contributed by atoms with Crippen LogP contribution in [0.15, 0.2) is 22.6 Å². The van der Waals surface area contributed by atoms with Crippen LogP contribution in [0, 0.1) is 0 Å². The lowest BCUT2D eigenvalue weighted by molar-refractivity contribution is 0.511. The van der Waals surface area contributed by atoms with Crippen LogP contribution in [0.4, 0.5) is 0 Å². The number of unbranched alkanes of at least 4 members (excludes halogenated alkanes) is 9. The first-order valence-corrected chi connectivity index (χ1v) is 10.4. The molecule has 0 radical (unpaired) electrons. The van der Waals surface area contributed by atoms with Crippen molar-refractivity contribution in [1.82, 2.24) is 4.98 Å². The zero-order valence-corrected chi connectivity index (χ0v) is 16.1. The Balaban J connectivity index is 1.69. The van der Waals surface area contributed by atoms with Crippen molar-refractivity contribution < 1.29 is 4.42 Å². The number of fused-ring (bicyclic) bond motifs is 1. The van der Waals surface area contributed by atoms with Crippen molar-refractivity contribution in [1.29, 1.82) is 0 Å². The molecule has 0 saturated heterocycles. The summed E-state index contributed by atoms with van der Waals surface area (Å²) < 4.78 is 5.85. The molecule has 1 heterocycles. The lowest BCUT2D eigenvalue weighted by Crippen LogP contribution is -1.98. The van der Waals surface area contributed by atoms with Gasteiger partial charge in [0.25, 0.3) is 0 Å². The molecule has 0 unspecified atom stereocenters. The summed E-state index contributed by atoms with van der Waals surface area (Å²) in [5.41, 5.74) is 8.87. The van der Waals surface area contributed by atoms with Crippen molar-refractivity contribution in [3.8, 4) is 0 Å². The lowest BCUT2D eigenvalue weighted by Gasteiger charge is -2.02. The van der Waals surface area contributed by atoms with Gasteiger partial charge < -0.3 is 10.2 Å². The maximum Gasteiger partial charge on any atom is 0.195 e. The Bertz CT molecular complexity index is 591. The third-order valence-corrected chi connectivity index (χ3v) is 4.91. The molecular weight excluding hydrogens is 308 g/mol. The topological polar surface area (TPSA) is 52.0 Å². The van der Waals surface area contributed by atoms with E-state index >= 15 is 0 Å². The fourth-order valence-corrected chi connectivity index (χ4v) is 3.34. The SMILES string of the molecule is CCCCCCCCCCc1ccc2oc(CCCCCN)nc2c1. The number of aromatic nitrogens is 1. The third-order valence-electron chi connectivity index (χ3n) is 4.91. The van der Waals surface area contributed by atoms with Crippen LogP contribution < -0.4 is 5.73 Å². The summed E-state index contributed by atoms with van der Waals surface area (Å²) in [4.78, 5) is 4.66. The van der Waals surface area contributed by atoms with Gasteiger partial charge in [-0.15, -0.1) is 0 Å². The number of rotatable bonds is 14. The van der Waals surface area contributed by atoms with E-state index in [2.05, 4.69) is 30.1 Å². The largest absolute Gasteiger partial charge is 0.441 e. The smallest absolute Gasteiger partial charge is 0.195 e. The van der Waals surface area contributed by atoms with Gasteiger partial charge in [0.1, 0.15) is 5.52 Å². The average Bonchev–Trinajstić information content (AvgIpc) is 3.03. The molecule has 0 bridgehead atoms. The number of nitrogens with zero attached hydrogens (tertiary/aromatic N) is 1. The van der Waals surface area contributed by atoms with Gasteiger partial charge in [-0.25, -0.2) is 4.98 Å². The van der Waals surface area contributed by atoms with E-state index in [9.17, 15) is 0 Å². The van der Waals surface area contributed by atoms with Gasteiger partial charge in [0, 0.05) is 6.42 Å². The predicted octanol–water partition coefficient (Wildman–Crippen LogP) is 6.18. The van der Waals surface area contributed by atoms with E-state index in [1.807, 2.05) is 0 Å². The van der Waals surface area contributed by atoms with Crippen molar-refractivity contribution >= 4 is 11.1 Å². The second-order valence-corrected chi connectivity index (χ2v) is 7.23. The summed E-state index contributed by atoms with van der Waals surface area (Å²) in [5, 5.41) is 0. The van der Waals surface area contributed by atoms with Crippen LogP contribution in [0.2, 0.25) is 0 Å². The molecule has 0 amide bonds. The quantitative estimate of drug-likeness (QED) is 0.416. The second kappa shape index (κ2) is 12.1. The van der Waals surface area contributed by atoms with E-state index in [0.717, 1.165) is 55.6 Å². The molecule has 0 fully saturated rings. The molecule has 3 nitrogen and oxygen atoms in total. The highest BCUT2D eigenvalue weighted by molar-refractivity contribution is 5.73. The van der Waals surface area contributed by atoms with E-state index in [1.165, 1.54) is 56.9 Å². The van der Waals surface area contributed by atoms with Crippen molar-refractivity contribution in [3.05, 3.63) is 29.7 Å². The fourth-order valence-electron chi connectivity index (χ4n) is 3.34. The number of hydrogen-bond acceptors (Lipinski definition) is 3. The Morgan fingerprint density at radius 3 is 2.28 bits per heavy atom. The van der Waals surface area contributed by atoms with Crippen molar-refractivity contribution in [3.63, 3.8) is 0 Å². The summed E-state index contributed by atoms with van der Waals surface area (Å²) in [6.07, 6.45) is 16.4. The van der Waals surface area contributed by atoms with Crippen LogP contribution in [0.3, 0.4) is 0 Å². The molecule has 1 aromatic carbocycles. The molecule has 3 heteroatoms. The Morgan fingerprint density at radius 2 is 1.52 bits per heavy atom. The molecule has 2 rings (SSSR count). The van der Waals surface area contributed by atoms with Gasteiger partial charge >= 0.3 is 0 Å². The first-order valence-electron chi connectivity index (χ1n) is 10.4. The summed E-state index contributed by atoms with van der Waals surface area (Å²) in [6.45, 7) is 3.05. The normalized spacial score (nSPS) is 11.4. The summed E-state index contributed by atoms with van der Waals surface area (Å²) in [7, 11) is 0. The molecule has 0 saturated carbocycles. The third kappa shape index (κ3) is 7.60. The highest BCUT2D eigenvalue weighted by Gasteiger charge is 2.06. The van der Waals surface area contributed by atoms with Crippen LogP contribution in [0.25, 0.3) is 11.1 Å². The van der Waals surface area contributed by atoms with Gasteiger partial charge in [-0.2, -0.15) is 0 Å². The first kappa shape index (κ1) is 20.0. The van der Waals surface area contributed by atoms with E-state index in [4.69, 9.17) is 10.2 Å². The van der Waals surface area contributed by atoms with Gasteiger partial charge in [-0.1, -0.05) is 64.4 Å². The van der Waals surface area contributed by atoms with E-state index < -0.39 is 0 Å². The molecule has 1 aromatic heterocycles. The Labute approximate surface area is 153 Å². The minimum absolute atomic E-state index is 0.773. The highest BCUT2D eigenvalue weighted by Crippen LogP contribution is 2.20. The Hall–Kier alpha value is -1.35. The summed E-state index contributed by atoms with van der Waals surface area (Å²) in [6, 6.07) is 6.50. The summed E-state index contributed by atoms with van der Waals surface area (Å²) in [5.74, 6) is 0.872. The minimum atomic E-state index is 0.773. The zero-order valence-electron chi connectivity index (χ0n) is 16.1. The summed E-state index contributed by atoms with van der Waals surface area (Å²) >= 11 is 0. The fraction of sp³-hybridized carbons (Fsp3) is 0.682. The first-order chi connectivity index (χ1) is 12.3. The van der Waals surface area contributed by atoms with Crippen LogP contribution in [0.5, 0.6) is 0 Å². The van der Waals surface area contributed by atoms with Crippen LogP contribution in [-0.4, -0.2) is 11.5 Å². The highest BCUT2D eigenvalue weighted by atomic mass is 16.3. The average molecular weight is 345 g/mol. The lowest BCUT2D eigenvalue weighted by atomic mass is 10.0. The van der Waals surface area contributed by atoms with Gasteiger partial charge in [0.05, 0.1) is 0 Å². The van der Waals surface area contributed by atoms with Crippen molar-refractivity contribution in [2.24, 2.45) is 5.73 Å². The van der Waals surface area contributed by atoms with Crippen molar-refractivity contribution in [2.75, 3.05) is 6.54 Å². The molecule has 0 aliphatic heterocycles. The molecule has 2 N–H and O–H groups in total. The minimum Gasteiger partial charge on any atom is -0.441 e.